The summed E-state index contributed by atoms with van der Waals surface area (Å²) in [5.74, 6) is 1.81. The molecule has 1 aromatic heterocycles. The maximum absolute atomic E-state index is 5.13. The van der Waals surface area contributed by atoms with E-state index in [1.165, 1.54) is 25.7 Å². The molecule has 3 unspecified atom stereocenters. The number of methoxy groups -OCH3 is 1. The smallest absolute Gasteiger partial charge is 0.0833 e. The zero-order chi connectivity index (χ0) is 14.0. The maximum atomic E-state index is 5.13. The molecule has 2 bridgehead atoms. The first kappa shape index (κ1) is 14.0. The Bertz CT molecular complexity index is 447. The lowest BCUT2D eigenvalue weighted by atomic mass is 9.70. The molecule has 2 aliphatic rings. The van der Waals surface area contributed by atoms with Crippen molar-refractivity contribution < 1.29 is 4.74 Å². The minimum absolute atomic E-state index is 0.396. The van der Waals surface area contributed by atoms with Gasteiger partial charge in [0.25, 0.3) is 0 Å². The summed E-state index contributed by atoms with van der Waals surface area (Å²) in [6.07, 6.45) is 8.76. The molecule has 5 heteroatoms. The summed E-state index contributed by atoms with van der Waals surface area (Å²) >= 11 is 0. The molecule has 2 saturated carbocycles. The van der Waals surface area contributed by atoms with Gasteiger partial charge in [0.15, 0.2) is 0 Å². The Morgan fingerprint density at radius 2 is 2.40 bits per heavy atom. The van der Waals surface area contributed by atoms with E-state index in [9.17, 15) is 0 Å². The average molecular weight is 278 g/mol. The molecule has 3 rings (SSSR count). The Balaban J connectivity index is 1.67. The number of rotatable bonds is 7. The Kier molecular flexibility index (Phi) is 4.08. The van der Waals surface area contributed by atoms with Gasteiger partial charge in [-0.3, -0.25) is 4.68 Å². The fourth-order valence-corrected chi connectivity index (χ4v) is 4.40. The van der Waals surface area contributed by atoms with Crippen LogP contribution in [0.3, 0.4) is 0 Å². The number of fused-ring (bicyclic) bond motifs is 2. The first-order chi connectivity index (χ1) is 9.72. The summed E-state index contributed by atoms with van der Waals surface area (Å²) in [6.45, 7) is 2.82. The van der Waals surface area contributed by atoms with Crippen molar-refractivity contribution in [2.45, 2.75) is 32.1 Å². The number of hydrogen-bond acceptors (Lipinski definition) is 4. The van der Waals surface area contributed by atoms with E-state index in [2.05, 4.69) is 21.8 Å². The first-order valence-corrected chi connectivity index (χ1v) is 7.77. The summed E-state index contributed by atoms with van der Waals surface area (Å²) in [4.78, 5) is 0. The highest BCUT2D eigenvalue weighted by Crippen LogP contribution is 2.56. The first-order valence-electron chi connectivity index (χ1n) is 7.77. The number of nitrogens with zero attached hydrogens (tertiary/aromatic N) is 3. The van der Waals surface area contributed by atoms with E-state index in [0.29, 0.717) is 5.41 Å². The third-order valence-electron chi connectivity index (χ3n) is 5.25. The molecule has 2 fully saturated rings. The lowest BCUT2D eigenvalue weighted by Crippen LogP contribution is -2.41. The Morgan fingerprint density at radius 1 is 1.50 bits per heavy atom. The minimum Gasteiger partial charge on any atom is -0.383 e. The number of nitrogens with one attached hydrogen (secondary N) is 1. The van der Waals surface area contributed by atoms with Gasteiger partial charge in [0.05, 0.1) is 12.3 Å². The molecule has 0 aromatic carbocycles. The SMILES string of the molecule is COCCNCC1(Cc2cn(C)nn2)CC2CCC1C2. The third-order valence-corrected chi connectivity index (χ3v) is 5.25. The van der Waals surface area contributed by atoms with Gasteiger partial charge in [-0.2, -0.15) is 0 Å². The molecule has 112 valence electrons. The maximum Gasteiger partial charge on any atom is 0.0833 e. The number of aryl methyl sites for hydroxylation is 1. The monoisotopic (exact) mass is 278 g/mol. The molecule has 0 spiro atoms. The van der Waals surface area contributed by atoms with Crippen molar-refractivity contribution in [1.29, 1.82) is 0 Å². The summed E-state index contributed by atoms with van der Waals surface area (Å²) < 4.78 is 6.95. The molecule has 1 heterocycles. The largest absolute Gasteiger partial charge is 0.383 e. The lowest BCUT2D eigenvalue weighted by Gasteiger charge is -2.37. The van der Waals surface area contributed by atoms with Gasteiger partial charge in [-0.1, -0.05) is 11.6 Å². The molecular weight excluding hydrogens is 252 g/mol. The zero-order valence-electron chi connectivity index (χ0n) is 12.6. The summed E-state index contributed by atoms with van der Waals surface area (Å²) in [5, 5.41) is 12.0. The molecule has 1 aromatic rings. The molecular formula is C15H26N4O. The predicted molar refractivity (Wildman–Crippen MR) is 77.3 cm³/mol. The summed E-state index contributed by atoms with van der Waals surface area (Å²) in [5.41, 5.74) is 1.54. The molecule has 1 N–H and O–H groups in total. The van der Waals surface area contributed by atoms with Crippen molar-refractivity contribution in [3.05, 3.63) is 11.9 Å². The van der Waals surface area contributed by atoms with E-state index in [1.54, 1.807) is 7.11 Å². The second kappa shape index (κ2) is 5.82. The van der Waals surface area contributed by atoms with Crippen molar-refractivity contribution in [2.75, 3.05) is 26.8 Å². The zero-order valence-corrected chi connectivity index (χ0v) is 12.6. The summed E-state index contributed by atoms with van der Waals surface area (Å²) in [6, 6.07) is 0. The van der Waals surface area contributed by atoms with Crippen LogP contribution in [0.25, 0.3) is 0 Å². The quantitative estimate of drug-likeness (QED) is 0.766. The highest BCUT2D eigenvalue weighted by molar-refractivity contribution is 5.08. The van der Waals surface area contributed by atoms with Crippen molar-refractivity contribution in [1.82, 2.24) is 20.3 Å². The Hall–Kier alpha value is -0.940. The fraction of sp³-hybridized carbons (Fsp3) is 0.867. The van der Waals surface area contributed by atoms with Crippen molar-refractivity contribution in [3.63, 3.8) is 0 Å². The average Bonchev–Trinajstić information content (AvgIpc) is 3.11. The molecule has 3 atom stereocenters. The van der Waals surface area contributed by atoms with E-state index < -0.39 is 0 Å². The highest BCUT2D eigenvalue weighted by atomic mass is 16.5. The van der Waals surface area contributed by atoms with Gasteiger partial charge in [0.1, 0.15) is 0 Å². The molecule has 0 aliphatic heterocycles. The van der Waals surface area contributed by atoms with Crippen LogP contribution >= 0.6 is 0 Å². The topological polar surface area (TPSA) is 52.0 Å². The van der Waals surface area contributed by atoms with Crippen molar-refractivity contribution >= 4 is 0 Å². The van der Waals surface area contributed by atoms with Gasteiger partial charge in [-0.25, -0.2) is 0 Å². The van der Waals surface area contributed by atoms with E-state index >= 15 is 0 Å². The molecule has 0 radical (unpaired) electrons. The fourth-order valence-electron chi connectivity index (χ4n) is 4.40. The van der Waals surface area contributed by atoms with Crippen LogP contribution in [0.1, 0.15) is 31.4 Å². The van der Waals surface area contributed by atoms with Crippen molar-refractivity contribution in [3.8, 4) is 0 Å². The van der Waals surface area contributed by atoms with Gasteiger partial charge in [-0.05, 0) is 36.5 Å². The molecule has 2 aliphatic carbocycles. The van der Waals surface area contributed by atoms with E-state index in [1.807, 2.05) is 11.7 Å². The van der Waals surface area contributed by atoms with E-state index in [4.69, 9.17) is 4.74 Å². The van der Waals surface area contributed by atoms with Crippen LogP contribution in [0.15, 0.2) is 6.20 Å². The number of aromatic nitrogens is 3. The highest BCUT2D eigenvalue weighted by Gasteiger charge is 2.50. The van der Waals surface area contributed by atoms with Crippen LogP contribution in [0.4, 0.5) is 0 Å². The normalized spacial score (nSPS) is 32.1. The second-order valence-corrected chi connectivity index (χ2v) is 6.67. The molecule has 0 saturated heterocycles. The minimum atomic E-state index is 0.396. The second-order valence-electron chi connectivity index (χ2n) is 6.67. The van der Waals surface area contributed by atoms with Crippen LogP contribution in [0.5, 0.6) is 0 Å². The standard InChI is InChI=1S/C15H26N4O/c1-19-10-14(17-18-19)9-15(11-16-5-6-20-2)8-12-3-4-13(15)7-12/h10,12-13,16H,3-9,11H2,1-2H3. The Morgan fingerprint density at radius 3 is 3.00 bits per heavy atom. The van der Waals surface area contributed by atoms with Gasteiger partial charge in [0, 0.05) is 39.9 Å². The van der Waals surface area contributed by atoms with E-state index in [0.717, 1.165) is 43.6 Å². The molecule has 5 nitrogen and oxygen atoms in total. The number of ether oxygens (including phenoxy) is 1. The molecule has 0 amide bonds. The van der Waals surface area contributed by atoms with Crippen molar-refractivity contribution in [2.24, 2.45) is 24.3 Å². The predicted octanol–water partition coefficient (Wildman–Crippen LogP) is 1.40. The van der Waals surface area contributed by atoms with Crippen LogP contribution in [0, 0.1) is 17.3 Å². The van der Waals surface area contributed by atoms with Gasteiger partial charge in [0.2, 0.25) is 0 Å². The van der Waals surface area contributed by atoms with Gasteiger partial charge in [-0.15, -0.1) is 5.10 Å². The van der Waals surface area contributed by atoms with Crippen LogP contribution in [-0.4, -0.2) is 41.8 Å². The van der Waals surface area contributed by atoms with Crippen LogP contribution < -0.4 is 5.32 Å². The number of hydrogen-bond donors (Lipinski definition) is 1. The Labute approximate surface area is 121 Å². The summed E-state index contributed by atoms with van der Waals surface area (Å²) in [7, 11) is 3.70. The van der Waals surface area contributed by atoms with E-state index in [-0.39, 0.29) is 0 Å². The van der Waals surface area contributed by atoms with Gasteiger partial charge < -0.3 is 10.1 Å². The molecule has 20 heavy (non-hydrogen) atoms. The third kappa shape index (κ3) is 2.74. The van der Waals surface area contributed by atoms with Crippen LogP contribution in [-0.2, 0) is 18.2 Å². The van der Waals surface area contributed by atoms with Gasteiger partial charge >= 0.3 is 0 Å². The lowest BCUT2D eigenvalue weighted by molar-refractivity contribution is 0.144. The van der Waals surface area contributed by atoms with Crippen LogP contribution in [0.2, 0.25) is 0 Å².